The van der Waals surface area contributed by atoms with Crippen LogP contribution in [0.15, 0.2) is 17.6 Å². The molecule has 1 N–H and O–H groups in total. The van der Waals surface area contributed by atoms with E-state index in [0.29, 0.717) is 0 Å². The predicted molar refractivity (Wildman–Crippen MR) is 26.6 cm³/mol. The molecule has 0 unspecified atom stereocenters. The number of aromatic nitrogens is 2. The fraction of sp³-hybridized carbons (Fsp3) is 0. The van der Waals surface area contributed by atoms with E-state index in [9.17, 15) is 13.0 Å². The number of aromatic amines is 1. The van der Waals surface area contributed by atoms with E-state index in [1.165, 1.54) is 12.4 Å². The summed E-state index contributed by atoms with van der Waals surface area (Å²) in [5, 5.41) is -0.539. The summed E-state index contributed by atoms with van der Waals surface area (Å²) in [6.45, 7) is 0. The molecule has 0 saturated heterocycles. The van der Waals surface area contributed by atoms with Crippen LogP contribution >= 0.6 is 0 Å². The summed E-state index contributed by atoms with van der Waals surface area (Å²) >= 11 is 0. The van der Waals surface area contributed by atoms with E-state index in [-0.39, 0.29) is 22.4 Å². The number of imidazole rings is 1. The SMILES string of the molecule is O=S(=O)([O-])c1ncc[nH]1.[Ag+]. The molecular formula is C3H3AgN2O3S. The smallest absolute Gasteiger partial charge is 0.742 e. The fourth-order valence-electron chi connectivity index (χ4n) is 0.388. The molecule has 0 aliphatic carbocycles. The minimum absolute atomic E-state index is 0. The molecule has 0 aromatic carbocycles. The minimum atomic E-state index is -4.38. The molecule has 7 heteroatoms. The molecule has 5 nitrogen and oxygen atoms in total. The van der Waals surface area contributed by atoms with Gasteiger partial charge in [0.05, 0.1) is 0 Å². The van der Waals surface area contributed by atoms with Crippen LogP contribution in [0.3, 0.4) is 0 Å². The average molecular weight is 255 g/mol. The Morgan fingerprint density at radius 2 is 2.20 bits per heavy atom. The van der Waals surface area contributed by atoms with Crippen molar-refractivity contribution in [3.63, 3.8) is 0 Å². The van der Waals surface area contributed by atoms with Gasteiger partial charge in [-0.1, -0.05) is 0 Å². The molecule has 60 valence electrons. The third-order valence-electron chi connectivity index (χ3n) is 0.710. The van der Waals surface area contributed by atoms with E-state index in [1.807, 2.05) is 0 Å². The van der Waals surface area contributed by atoms with Crippen LogP contribution in [-0.4, -0.2) is 22.9 Å². The molecule has 0 bridgehead atoms. The first-order valence-electron chi connectivity index (χ1n) is 2.06. The molecule has 10 heavy (non-hydrogen) atoms. The van der Waals surface area contributed by atoms with Crippen LogP contribution in [0.5, 0.6) is 0 Å². The summed E-state index contributed by atoms with van der Waals surface area (Å²) in [4.78, 5) is 5.40. The molecule has 0 amide bonds. The van der Waals surface area contributed by atoms with Crippen LogP contribution in [0.2, 0.25) is 0 Å². The van der Waals surface area contributed by atoms with Crippen LogP contribution in [0.4, 0.5) is 0 Å². The molecule has 1 aromatic rings. The van der Waals surface area contributed by atoms with E-state index in [2.05, 4.69) is 9.97 Å². The molecule has 1 heterocycles. The van der Waals surface area contributed by atoms with E-state index in [1.54, 1.807) is 0 Å². The Bertz CT molecular complexity index is 279. The topological polar surface area (TPSA) is 85.9 Å². The van der Waals surface area contributed by atoms with Crippen molar-refractivity contribution in [2.24, 2.45) is 0 Å². The summed E-state index contributed by atoms with van der Waals surface area (Å²) in [6.07, 6.45) is 2.47. The Kier molecular flexibility index (Phi) is 3.26. The van der Waals surface area contributed by atoms with Gasteiger partial charge in [-0.15, -0.1) is 0 Å². The van der Waals surface area contributed by atoms with Crippen molar-refractivity contribution in [1.82, 2.24) is 9.97 Å². The monoisotopic (exact) mass is 254 g/mol. The van der Waals surface area contributed by atoms with Crippen LogP contribution < -0.4 is 0 Å². The predicted octanol–water partition coefficient (Wildman–Crippen LogP) is -0.689. The minimum Gasteiger partial charge on any atom is -0.742 e. The van der Waals surface area contributed by atoms with E-state index in [4.69, 9.17) is 0 Å². The maximum atomic E-state index is 10.0. The summed E-state index contributed by atoms with van der Waals surface area (Å²) in [5.74, 6) is 0. The van der Waals surface area contributed by atoms with Gasteiger partial charge in [0.2, 0.25) is 5.16 Å². The summed E-state index contributed by atoms with van der Waals surface area (Å²) in [6, 6.07) is 0. The molecule has 1 aromatic heterocycles. The Labute approximate surface area is 73.1 Å². The van der Waals surface area contributed by atoms with Crippen LogP contribution in [0.1, 0.15) is 0 Å². The van der Waals surface area contributed by atoms with Crippen molar-refractivity contribution in [2.45, 2.75) is 5.16 Å². The normalized spacial score (nSPS) is 10.5. The molecule has 0 aliphatic heterocycles. The molecule has 0 fully saturated rings. The van der Waals surface area contributed by atoms with Gasteiger partial charge in [0.25, 0.3) is 0 Å². The summed E-state index contributed by atoms with van der Waals surface area (Å²) < 4.78 is 30.1. The Balaban J connectivity index is 0.000000810. The summed E-state index contributed by atoms with van der Waals surface area (Å²) in [5.41, 5.74) is 0. The maximum absolute atomic E-state index is 10.0. The van der Waals surface area contributed by atoms with Crippen LogP contribution in [0.25, 0.3) is 0 Å². The molecule has 0 atom stereocenters. The van der Waals surface area contributed by atoms with Crippen molar-refractivity contribution >= 4 is 10.1 Å². The Morgan fingerprint density at radius 3 is 2.40 bits per heavy atom. The molecule has 0 spiro atoms. The van der Waals surface area contributed by atoms with Crippen LogP contribution in [0, 0.1) is 0 Å². The van der Waals surface area contributed by atoms with Crippen molar-refractivity contribution in [3.8, 4) is 0 Å². The third-order valence-corrected chi connectivity index (χ3v) is 1.41. The van der Waals surface area contributed by atoms with Gasteiger partial charge in [0.1, 0.15) is 0 Å². The summed E-state index contributed by atoms with van der Waals surface area (Å²) in [7, 11) is -4.38. The first-order valence-corrected chi connectivity index (χ1v) is 3.47. The number of nitrogens with one attached hydrogen (secondary N) is 1. The number of hydrogen-bond donors (Lipinski definition) is 1. The average Bonchev–Trinajstić information content (AvgIpc) is 2.08. The van der Waals surface area contributed by atoms with Gasteiger partial charge < -0.3 is 9.54 Å². The second-order valence-corrected chi connectivity index (χ2v) is 2.64. The molecular weight excluding hydrogens is 252 g/mol. The van der Waals surface area contributed by atoms with Crippen molar-refractivity contribution in [3.05, 3.63) is 12.4 Å². The maximum Gasteiger partial charge on any atom is 1.00 e. The number of hydrogen-bond acceptors (Lipinski definition) is 4. The van der Waals surface area contributed by atoms with Gasteiger partial charge in [0, 0.05) is 12.4 Å². The number of nitrogens with zero attached hydrogens (tertiary/aromatic N) is 1. The quantitative estimate of drug-likeness (QED) is 0.531. The van der Waals surface area contributed by atoms with E-state index < -0.39 is 15.3 Å². The number of rotatable bonds is 1. The van der Waals surface area contributed by atoms with Gasteiger partial charge in [0.15, 0.2) is 10.1 Å². The number of H-pyrrole nitrogens is 1. The van der Waals surface area contributed by atoms with Crippen molar-refractivity contribution in [1.29, 1.82) is 0 Å². The van der Waals surface area contributed by atoms with Gasteiger partial charge >= 0.3 is 22.4 Å². The first-order chi connectivity index (χ1) is 4.11. The molecule has 0 saturated carbocycles. The van der Waals surface area contributed by atoms with Crippen molar-refractivity contribution in [2.75, 3.05) is 0 Å². The fourth-order valence-corrected chi connectivity index (χ4v) is 0.790. The Hall–Kier alpha value is -0.140. The van der Waals surface area contributed by atoms with Gasteiger partial charge in [-0.2, -0.15) is 0 Å². The standard InChI is InChI=1S/C3H4N2O3S.Ag/c6-9(7,8)3-4-1-2-5-3;/h1-2H,(H,4,5)(H,6,7,8);/q;+1/p-1. The molecule has 1 rings (SSSR count). The third kappa shape index (κ3) is 2.24. The molecule has 0 aliphatic rings. The zero-order chi connectivity index (χ0) is 6.91. The second kappa shape index (κ2) is 3.31. The van der Waals surface area contributed by atoms with Gasteiger partial charge in [-0.3, -0.25) is 0 Å². The van der Waals surface area contributed by atoms with E-state index in [0.717, 1.165) is 0 Å². The zero-order valence-corrected chi connectivity index (χ0v) is 6.84. The zero-order valence-electron chi connectivity index (χ0n) is 4.54. The van der Waals surface area contributed by atoms with Crippen molar-refractivity contribution < 1.29 is 35.4 Å². The van der Waals surface area contributed by atoms with E-state index >= 15 is 0 Å². The van der Waals surface area contributed by atoms with Gasteiger partial charge in [-0.05, 0) is 0 Å². The largest absolute Gasteiger partial charge is 1.00 e. The Morgan fingerprint density at radius 1 is 1.60 bits per heavy atom. The van der Waals surface area contributed by atoms with Gasteiger partial charge in [-0.25, -0.2) is 13.4 Å². The second-order valence-electron chi connectivity index (χ2n) is 1.35. The van der Waals surface area contributed by atoms with Crippen LogP contribution in [-0.2, 0) is 32.5 Å². The first kappa shape index (κ1) is 9.86. The molecule has 0 radical (unpaired) electrons.